The van der Waals surface area contributed by atoms with Crippen LogP contribution in [0.1, 0.15) is 32.6 Å². The van der Waals surface area contributed by atoms with E-state index >= 15 is 0 Å². The van der Waals surface area contributed by atoms with Crippen LogP contribution >= 0.6 is 0 Å². The molecule has 1 rings (SSSR count). The maximum atomic E-state index is 11.2. The zero-order chi connectivity index (χ0) is 9.90. The topological polar surface area (TPSA) is 51.2 Å². The minimum Gasteiger partial charge on any atom is -0.300 e. The summed E-state index contributed by atoms with van der Waals surface area (Å²) in [4.78, 5) is 10.9. The first-order chi connectivity index (χ1) is 6.03. The summed E-state index contributed by atoms with van der Waals surface area (Å²) in [6.45, 7) is 1.66. The van der Waals surface area contributed by atoms with Crippen LogP contribution in [-0.2, 0) is 14.6 Å². The van der Waals surface area contributed by atoms with Crippen LogP contribution in [0.5, 0.6) is 0 Å². The second-order valence-electron chi connectivity index (χ2n) is 3.67. The first-order valence-electron chi connectivity index (χ1n) is 4.75. The van der Waals surface area contributed by atoms with Crippen LogP contribution in [0.2, 0.25) is 0 Å². The van der Waals surface area contributed by atoms with Crippen molar-refractivity contribution in [2.24, 2.45) is 5.92 Å². The van der Waals surface area contributed by atoms with Crippen molar-refractivity contribution in [2.45, 2.75) is 32.6 Å². The third-order valence-corrected chi connectivity index (χ3v) is 4.36. The van der Waals surface area contributed by atoms with Crippen molar-refractivity contribution in [3.63, 3.8) is 0 Å². The van der Waals surface area contributed by atoms with Crippen molar-refractivity contribution < 1.29 is 13.2 Å². The summed E-state index contributed by atoms with van der Waals surface area (Å²) in [6.07, 6.45) is 2.80. The molecule has 0 aromatic carbocycles. The van der Waals surface area contributed by atoms with E-state index in [0.29, 0.717) is 31.0 Å². The molecule has 76 valence electrons. The van der Waals surface area contributed by atoms with Crippen LogP contribution in [0.25, 0.3) is 0 Å². The summed E-state index contributed by atoms with van der Waals surface area (Å²) in [5.41, 5.74) is 0. The largest absolute Gasteiger partial charge is 0.300 e. The molecular formula is C9H16O3S. The van der Waals surface area contributed by atoms with E-state index in [-0.39, 0.29) is 11.5 Å². The molecular weight excluding hydrogens is 188 g/mol. The number of hydrogen-bond acceptors (Lipinski definition) is 3. The number of carbonyl (C=O) groups is 1. The molecule has 1 aliphatic carbocycles. The molecule has 0 bridgehead atoms. The molecule has 0 aromatic heterocycles. The Labute approximate surface area is 79.4 Å². The van der Waals surface area contributed by atoms with Gasteiger partial charge in [-0.05, 0) is 18.8 Å². The lowest BCUT2D eigenvalue weighted by atomic mass is 10.1. The third-order valence-electron chi connectivity index (χ3n) is 2.62. The lowest BCUT2D eigenvalue weighted by molar-refractivity contribution is -0.117. The van der Waals surface area contributed by atoms with E-state index in [1.165, 1.54) is 0 Å². The maximum Gasteiger partial charge on any atom is 0.150 e. The fourth-order valence-electron chi connectivity index (χ4n) is 1.63. The van der Waals surface area contributed by atoms with Crippen molar-refractivity contribution in [2.75, 3.05) is 11.5 Å². The molecule has 1 fully saturated rings. The molecule has 1 saturated carbocycles. The van der Waals surface area contributed by atoms with Gasteiger partial charge in [0.1, 0.15) is 15.6 Å². The summed E-state index contributed by atoms with van der Waals surface area (Å²) >= 11 is 0. The van der Waals surface area contributed by atoms with Crippen LogP contribution in [0.4, 0.5) is 0 Å². The normalized spacial score (nSPS) is 23.8. The molecule has 13 heavy (non-hydrogen) atoms. The van der Waals surface area contributed by atoms with Gasteiger partial charge in [-0.2, -0.15) is 0 Å². The molecule has 0 aromatic rings. The van der Waals surface area contributed by atoms with Gasteiger partial charge in [-0.15, -0.1) is 0 Å². The molecule has 1 atom stereocenters. The number of carbonyl (C=O) groups excluding carboxylic acids is 1. The summed E-state index contributed by atoms with van der Waals surface area (Å²) in [7, 11) is -2.84. The number of rotatable bonds is 4. The molecule has 0 spiro atoms. The Morgan fingerprint density at radius 1 is 1.46 bits per heavy atom. The lowest BCUT2D eigenvalue weighted by Crippen LogP contribution is -2.11. The predicted octanol–water partition coefficient (Wildman–Crippen LogP) is 1.18. The van der Waals surface area contributed by atoms with Crippen LogP contribution in [-0.4, -0.2) is 25.7 Å². The van der Waals surface area contributed by atoms with Crippen LogP contribution in [0.15, 0.2) is 0 Å². The molecule has 4 heteroatoms. The van der Waals surface area contributed by atoms with Gasteiger partial charge in [0.05, 0.1) is 5.75 Å². The molecule has 0 saturated heterocycles. The Balaban J connectivity index is 2.31. The van der Waals surface area contributed by atoms with Crippen molar-refractivity contribution in [1.82, 2.24) is 0 Å². The van der Waals surface area contributed by atoms with Crippen molar-refractivity contribution in [3.8, 4) is 0 Å². The van der Waals surface area contributed by atoms with Gasteiger partial charge in [-0.1, -0.05) is 6.92 Å². The Morgan fingerprint density at radius 2 is 2.15 bits per heavy atom. The Kier molecular flexibility index (Phi) is 3.47. The standard InChI is InChI=1S/C9H16O3S/c1-2-13(11,12)6-5-8-3-4-9(10)7-8/h8H,2-7H2,1H3. The number of sulfone groups is 1. The zero-order valence-corrected chi connectivity index (χ0v) is 8.77. The molecule has 0 heterocycles. The SMILES string of the molecule is CCS(=O)(=O)CCC1CCC(=O)C1. The molecule has 1 unspecified atom stereocenters. The second-order valence-corrected chi connectivity index (χ2v) is 6.15. The van der Waals surface area contributed by atoms with Gasteiger partial charge in [0.2, 0.25) is 0 Å². The summed E-state index contributed by atoms with van der Waals surface area (Å²) in [5.74, 6) is 1.09. The van der Waals surface area contributed by atoms with Gasteiger partial charge < -0.3 is 0 Å². The Hall–Kier alpha value is -0.380. The Bertz CT molecular complexity index is 279. The van der Waals surface area contributed by atoms with E-state index in [4.69, 9.17) is 0 Å². The summed E-state index contributed by atoms with van der Waals surface area (Å²) < 4.78 is 22.3. The zero-order valence-electron chi connectivity index (χ0n) is 7.95. The summed E-state index contributed by atoms with van der Waals surface area (Å²) in [6, 6.07) is 0. The first-order valence-corrected chi connectivity index (χ1v) is 6.58. The van der Waals surface area contributed by atoms with Gasteiger partial charge in [0.15, 0.2) is 0 Å². The van der Waals surface area contributed by atoms with E-state index in [0.717, 1.165) is 6.42 Å². The van der Waals surface area contributed by atoms with E-state index in [1.807, 2.05) is 0 Å². The predicted molar refractivity (Wildman–Crippen MR) is 51.3 cm³/mol. The highest BCUT2D eigenvalue weighted by Crippen LogP contribution is 2.25. The number of hydrogen-bond donors (Lipinski definition) is 0. The Morgan fingerprint density at radius 3 is 2.62 bits per heavy atom. The fraction of sp³-hybridized carbons (Fsp3) is 0.889. The molecule has 0 radical (unpaired) electrons. The smallest absolute Gasteiger partial charge is 0.150 e. The van der Waals surface area contributed by atoms with E-state index in [2.05, 4.69) is 0 Å². The van der Waals surface area contributed by atoms with Crippen molar-refractivity contribution in [1.29, 1.82) is 0 Å². The van der Waals surface area contributed by atoms with Crippen molar-refractivity contribution >= 4 is 15.6 Å². The highest BCUT2D eigenvalue weighted by atomic mass is 32.2. The first kappa shape index (κ1) is 10.7. The van der Waals surface area contributed by atoms with Crippen molar-refractivity contribution in [3.05, 3.63) is 0 Å². The molecule has 0 N–H and O–H groups in total. The van der Waals surface area contributed by atoms with Gasteiger partial charge in [-0.3, -0.25) is 4.79 Å². The van der Waals surface area contributed by atoms with Gasteiger partial charge in [0, 0.05) is 18.6 Å². The van der Waals surface area contributed by atoms with E-state index in [9.17, 15) is 13.2 Å². The minimum atomic E-state index is -2.84. The number of ketones is 1. The second kappa shape index (κ2) is 4.22. The highest BCUT2D eigenvalue weighted by molar-refractivity contribution is 7.91. The van der Waals surface area contributed by atoms with Crippen LogP contribution in [0.3, 0.4) is 0 Å². The highest BCUT2D eigenvalue weighted by Gasteiger charge is 2.23. The molecule has 0 aliphatic heterocycles. The number of Topliss-reactive ketones (excluding diaryl/α,β-unsaturated/α-hetero) is 1. The summed E-state index contributed by atoms with van der Waals surface area (Å²) in [5, 5.41) is 0. The van der Waals surface area contributed by atoms with Crippen LogP contribution < -0.4 is 0 Å². The average molecular weight is 204 g/mol. The monoisotopic (exact) mass is 204 g/mol. The fourth-order valence-corrected chi connectivity index (χ4v) is 2.61. The van der Waals surface area contributed by atoms with Gasteiger partial charge >= 0.3 is 0 Å². The minimum absolute atomic E-state index is 0.216. The lowest BCUT2D eigenvalue weighted by Gasteiger charge is -2.06. The van der Waals surface area contributed by atoms with Gasteiger partial charge in [-0.25, -0.2) is 8.42 Å². The molecule has 1 aliphatic rings. The average Bonchev–Trinajstić information content (AvgIpc) is 2.48. The van der Waals surface area contributed by atoms with E-state index in [1.54, 1.807) is 6.92 Å². The van der Waals surface area contributed by atoms with Gasteiger partial charge in [0.25, 0.3) is 0 Å². The molecule has 0 amide bonds. The quantitative estimate of drug-likeness (QED) is 0.691. The maximum absolute atomic E-state index is 11.2. The molecule has 3 nitrogen and oxygen atoms in total. The van der Waals surface area contributed by atoms with E-state index < -0.39 is 9.84 Å². The van der Waals surface area contributed by atoms with Crippen LogP contribution in [0, 0.1) is 5.92 Å². The third kappa shape index (κ3) is 3.46.